The lowest BCUT2D eigenvalue weighted by Crippen LogP contribution is -2.13. The summed E-state index contributed by atoms with van der Waals surface area (Å²) in [6.45, 7) is 1.74. The van der Waals surface area contributed by atoms with Gasteiger partial charge in [0.2, 0.25) is 0 Å². The van der Waals surface area contributed by atoms with Gasteiger partial charge in [0, 0.05) is 0 Å². The van der Waals surface area contributed by atoms with Crippen LogP contribution >= 0.6 is 0 Å². The Hall–Kier alpha value is -1.56. The molecule has 1 heterocycles. The van der Waals surface area contributed by atoms with Crippen molar-refractivity contribution in [2.75, 3.05) is 11.9 Å². The van der Waals surface area contributed by atoms with E-state index < -0.39 is 6.09 Å². The number of oxazole rings is 1. The van der Waals surface area contributed by atoms with Crippen LogP contribution in [-0.4, -0.2) is 22.8 Å². The van der Waals surface area contributed by atoms with Crippen LogP contribution in [-0.2, 0) is 11.3 Å². The molecule has 0 atom stereocenters. The number of hydrogen-bond acceptors (Lipinski definition) is 5. The summed E-state index contributed by atoms with van der Waals surface area (Å²) in [6, 6.07) is 0.0162. The van der Waals surface area contributed by atoms with Gasteiger partial charge in [-0.15, -0.1) is 0 Å². The Morgan fingerprint density at radius 2 is 2.62 bits per heavy atom. The van der Waals surface area contributed by atoms with E-state index in [1.165, 1.54) is 6.26 Å². The summed E-state index contributed by atoms with van der Waals surface area (Å²) in [5, 5.41) is 10.9. The van der Waals surface area contributed by atoms with E-state index in [2.05, 4.69) is 15.0 Å². The van der Waals surface area contributed by atoms with E-state index in [1.807, 2.05) is 0 Å². The van der Waals surface area contributed by atoms with Crippen molar-refractivity contribution in [3.63, 3.8) is 0 Å². The van der Waals surface area contributed by atoms with Gasteiger partial charge in [-0.25, -0.2) is 10.1 Å². The molecule has 0 unspecified atom stereocenters. The molecule has 0 aromatic carbocycles. The largest absolute Gasteiger partial charge is 0.450 e. The van der Waals surface area contributed by atoms with Crippen LogP contribution in [0, 0.1) is 0 Å². The number of aliphatic hydroxyl groups is 1. The molecule has 72 valence electrons. The van der Waals surface area contributed by atoms with E-state index in [0.717, 1.165) is 0 Å². The molecule has 6 heteroatoms. The maximum atomic E-state index is 10.8. The van der Waals surface area contributed by atoms with E-state index in [9.17, 15) is 4.79 Å². The number of ether oxygens (including phenoxy) is 1. The Bertz CT molecular complexity index is 284. The van der Waals surface area contributed by atoms with Crippen molar-refractivity contribution in [1.82, 2.24) is 4.98 Å². The summed E-state index contributed by atoms with van der Waals surface area (Å²) in [5.74, 6) is 0. The number of amides is 1. The normalized spacial score (nSPS) is 9.69. The summed E-state index contributed by atoms with van der Waals surface area (Å²) < 4.78 is 9.37. The van der Waals surface area contributed by atoms with Crippen LogP contribution in [0.25, 0.3) is 0 Å². The van der Waals surface area contributed by atoms with Crippen molar-refractivity contribution in [2.45, 2.75) is 13.5 Å². The monoisotopic (exact) mass is 186 g/mol. The molecular formula is C7H10N2O4. The van der Waals surface area contributed by atoms with Crippen molar-refractivity contribution in [1.29, 1.82) is 0 Å². The number of anilines is 1. The van der Waals surface area contributed by atoms with Gasteiger partial charge < -0.3 is 14.3 Å². The lowest BCUT2D eigenvalue weighted by Gasteiger charge is -1.99. The van der Waals surface area contributed by atoms with E-state index in [1.54, 1.807) is 6.92 Å². The topological polar surface area (TPSA) is 84.6 Å². The second kappa shape index (κ2) is 4.46. The number of aliphatic hydroxyl groups excluding tert-OH is 1. The quantitative estimate of drug-likeness (QED) is 0.727. The van der Waals surface area contributed by atoms with Gasteiger partial charge in [-0.3, -0.25) is 0 Å². The van der Waals surface area contributed by atoms with Crippen LogP contribution < -0.4 is 5.32 Å². The standard InChI is InChI=1S/C7H10N2O4/c1-2-12-7(11)9-6-8-5(3-10)4-13-6/h4,10H,2-3H2,1H3,(H,8,9,11). The summed E-state index contributed by atoms with van der Waals surface area (Å²) in [5.41, 5.74) is 0.354. The SMILES string of the molecule is CCOC(=O)Nc1nc(CO)co1. The van der Waals surface area contributed by atoms with Gasteiger partial charge in [-0.05, 0) is 6.92 Å². The molecule has 0 bridgehead atoms. The smallest absolute Gasteiger partial charge is 0.415 e. The number of carbonyl (C=O) groups is 1. The van der Waals surface area contributed by atoms with Gasteiger partial charge >= 0.3 is 12.1 Å². The molecule has 1 aromatic heterocycles. The Kier molecular flexibility index (Phi) is 3.27. The van der Waals surface area contributed by atoms with Crippen molar-refractivity contribution in [2.24, 2.45) is 0 Å². The molecule has 0 aliphatic rings. The van der Waals surface area contributed by atoms with E-state index in [0.29, 0.717) is 5.69 Å². The minimum atomic E-state index is -0.631. The van der Waals surface area contributed by atoms with E-state index >= 15 is 0 Å². The van der Waals surface area contributed by atoms with Crippen molar-refractivity contribution >= 4 is 12.1 Å². The zero-order valence-corrected chi connectivity index (χ0v) is 7.11. The number of nitrogens with zero attached hydrogens (tertiary/aromatic N) is 1. The minimum Gasteiger partial charge on any atom is -0.450 e. The molecule has 1 aromatic rings. The van der Waals surface area contributed by atoms with E-state index in [-0.39, 0.29) is 19.2 Å². The Balaban J connectivity index is 2.49. The van der Waals surface area contributed by atoms with E-state index in [4.69, 9.17) is 9.52 Å². The molecule has 0 aliphatic heterocycles. The molecule has 0 fully saturated rings. The van der Waals surface area contributed by atoms with Crippen molar-refractivity contribution in [3.05, 3.63) is 12.0 Å². The van der Waals surface area contributed by atoms with Gasteiger partial charge in [0.1, 0.15) is 12.0 Å². The van der Waals surface area contributed by atoms with Crippen LogP contribution in [0.2, 0.25) is 0 Å². The summed E-state index contributed by atoms with van der Waals surface area (Å²) >= 11 is 0. The lowest BCUT2D eigenvalue weighted by atomic mass is 10.5. The average Bonchev–Trinajstić information content (AvgIpc) is 2.52. The highest BCUT2D eigenvalue weighted by atomic mass is 16.5. The van der Waals surface area contributed by atoms with Crippen molar-refractivity contribution < 1.29 is 19.1 Å². The first kappa shape index (κ1) is 9.53. The van der Waals surface area contributed by atoms with Crippen LogP contribution in [0.1, 0.15) is 12.6 Å². The van der Waals surface area contributed by atoms with Gasteiger partial charge in [0.05, 0.1) is 13.2 Å². The first-order chi connectivity index (χ1) is 6.26. The van der Waals surface area contributed by atoms with Crippen molar-refractivity contribution in [3.8, 4) is 0 Å². The maximum absolute atomic E-state index is 10.8. The maximum Gasteiger partial charge on any atom is 0.415 e. The molecular weight excluding hydrogens is 176 g/mol. The van der Waals surface area contributed by atoms with Crippen LogP contribution in [0.15, 0.2) is 10.7 Å². The number of hydrogen-bond donors (Lipinski definition) is 2. The van der Waals surface area contributed by atoms with Gasteiger partial charge in [-0.2, -0.15) is 4.98 Å². The van der Waals surface area contributed by atoms with Crippen LogP contribution in [0.5, 0.6) is 0 Å². The zero-order chi connectivity index (χ0) is 9.68. The number of aromatic nitrogens is 1. The molecule has 0 radical (unpaired) electrons. The highest BCUT2D eigenvalue weighted by Crippen LogP contribution is 2.07. The first-order valence-corrected chi connectivity index (χ1v) is 3.75. The fourth-order valence-corrected chi connectivity index (χ4v) is 0.691. The predicted molar refractivity (Wildman–Crippen MR) is 43.1 cm³/mol. The zero-order valence-electron chi connectivity index (χ0n) is 7.11. The Labute approximate surface area is 74.5 Å². The summed E-state index contributed by atoms with van der Waals surface area (Å²) in [7, 11) is 0. The molecule has 0 saturated heterocycles. The summed E-state index contributed by atoms with van der Waals surface area (Å²) in [4.78, 5) is 14.5. The first-order valence-electron chi connectivity index (χ1n) is 3.75. The molecule has 1 rings (SSSR count). The highest BCUT2D eigenvalue weighted by Gasteiger charge is 2.07. The molecule has 0 spiro atoms. The summed E-state index contributed by atoms with van der Waals surface area (Å²) in [6.07, 6.45) is 0.621. The number of carbonyl (C=O) groups excluding carboxylic acids is 1. The lowest BCUT2D eigenvalue weighted by molar-refractivity contribution is 0.167. The second-order valence-electron chi connectivity index (χ2n) is 2.15. The second-order valence-corrected chi connectivity index (χ2v) is 2.15. The highest BCUT2D eigenvalue weighted by molar-refractivity contribution is 5.81. The Morgan fingerprint density at radius 3 is 3.15 bits per heavy atom. The molecule has 2 N–H and O–H groups in total. The molecule has 0 aliphatic carbocycles. The average molecular weight is 186 g/mol. The molecule has 6 nitrogen and oxygen atoms in total. The fourth-order valence-electron chi connectivity index (χ4n) is 0.691. The fraction of sp³-hybridized carbons (Fsp3) is 0.429. The number of nitrogens with one attached hydrogen (secondary N) is 1. The molecule has 13 heavy (non-hydrogen) atoms. The predicted octanol–water partition coefficient (Wildman–Crippen LogP) is 0.735. The minimum absolute atomic E-state index is 0.0162. The van der Waals surface area contributed by atoms with Gasteiger partial charge in [-0.1, -0.05) is 0 Å². The molecule has 0 saturated carbocycles. The van der Waals surface area contributed by atoms with Gasteiger partial charge in [0.25, 0.3) is 0 Å². The van der Waals surface area contributed by atoms with Gasteiger partial charge in [0.15, 0.2) is 0 Å². The third-order valence-corrected chi connectivity index (χ3v) is 1.20. The molecule has 1 amide bonds. The van der Waals surface area contributed by atoms with Crippen LogP contribution in [0.4, 0.5) is 10.8 Å². The number of rotatable bonds is 3. The van der Waals surface area contributed by atoms with Crippen LogP contribution in [0.3, 0.4) is 0 Å². The third kappa shape index (κ3) is 2.75. The Morgan fingerprint density at radius 1 is 1.85 bits per heavy atom. The third-order valence-electron chi connectivity index (χ3n) is 1.20.